The Hall–Kier alpha value is -2.06. The molecular formula is C14H16ClN5O2S. The number of hydrogen-bond donors (Lipinski definition) is 2. The minimum Gasteiger partial charge on any atom is -0.341 e. The largest absolute Gasteiger partial charge is 0.341 e. The van der Waals surface area contributed by atoms with Gasteiger partial charge in [-0.05, 0) is 19.1 Å². The zero-order chi connectivity index (χ0) is 17.0. The summed E-state index contributed by atoms with van der Waals surface area (Å²) >= 11 is 7.38. The summed E-state index contributed by atoms with van der Waals surface area (Å²) in [5, 5.41) is 13.4. The average Bonchev–Trinajstić information content (AvgIpc) is 2.88. The van der Waals surface area contributed by atoms with Gasteiger partial charge >= 0.3 is 6.03 Å². The first-order valence-corrected chi connectivity index (χ1v) is 8.03. The van der Waals surface area contributed by atoms with Crippen molar-refractivity contribution in [1.29, 1.82) is 0 Å². The predicted octanol–water partition coefficient (Wildman–Crippen LogP) is 2.07. The predicted molar refractivity (Wildman–Crippen MR) is 89.4 cm³/mol. The number of hydrogen-bond acceptors (Lipinski definition) is 5. The fourth-order valence-electron chi connectivity index (χ4n) is 1.78. The number of rotatable bonds is 4. The highest BCUT2D eigenvalue weighted by molar-refractivity contribution is 8.00. The van der Waals surface area contributed by atoms with Crippen molar-refractivity contribution in [2.45, 2.75) is 17.3 Å². The Kier molecular flexibility index (Phi) is 5.62. The van der Waals surface area contributed by atoms with E-state index in [1.165, 1.54) is 18.8 Å². The van der Waals surface area contributed by atoms with E-state index in [2.05, 4.69) is 20.8 Å². The van der Waals surface area contributed by atoms with Crippen LogP contribution >= 0.6 is 23.4 Å². The van der Waals surface area contributed by atoms with Crippen LogP contribution < -0.4 is 10.6 Å². The van der Waals surface area contributed by atoms with Crippen molar-refractivity contribution in [2.75, 3.05) is 7.05 Å². The van der Waals surface area contributed by atoms with Gasteiger partial charge in [0, 0.05) is 19.7 Å². The maximum Gasteiger partial charge on any atom is 0.321 e. The number of halogens is 1. The van der Waals surface area contributed by atoms with E-state index in [0.717, 1.165) is 5.56 Å². The molecule has 3 amide bonds. The third kappa shape index (κ3) is 4.02. The zero-order valence-corrected chi connectivity index (χ0v) is 14.4. The Morgan fingerprint density at radius 1 is 1.30 bits per heavy atom. The molecule has 0 aliphatic carbocycles. The number of benzene rings is 1. The van der Waals surface area contributed by atoms with Crippen LogP contribution in [0, 0.1) is 0 Å². The number of amides is 3. The molecule has 23 heavy (non-hydrogen) atoms. The fraction of sp³-hybridized carbons (Fsp3) is 0.286. The van der Waals surface area contributed by atoms with Crippen LogP contribution in [0.1, 0.15) is 6.92 Å². The highest BCUT2D eigenvalue weighted by Crippen LogP contribution is 2.29. The summed E-state index contributed by atoms with van der Waals surface area (Å²) in [6.07, 6.45) is 0. The number of nitrogens with one attached hydrogen (secondary N) is 2. The summed E-state index contributed by atoms with van der Waals surface area (Å²) in [6, 6.07) is 6.78. The molecule has 0 radical (unpaired) electrons. The Labute approximate surface area is 142 Å². The summed E-state index contributed by atoms with van der Waals surface area (Å²) in [4.78, 5) is 23.1. The van der Waals surface area contributed by atoms with Gasteiger partial charge in [-0.25, -0.2) is 4.79 Å². The molecule has 9 heteroatoms. The normalized spacial score (nSPS) is 11.8. The van der Waals surface area contributed by atoms with Gasteiger partial charge in [0.1, 0.15) is 0 Å². The van der Waals surface area contributed by atoms with Crippen molar-refractivity contribution in [3.8, 4) is 11.4 Å². The van der Waals surface area contributed by atoms with Gasteiger partial charge in [-0.2, -0.15) is 0 Å². The van der Waals surface area contributed by atoms with Crippen molar-refractivity contribution in [3.05, 3.63) is 29.3 Å². The SMILES string of the molecule is CNC(=O)NC(=O)[C@H](C)Sc1nnc(-c2ccccc2Cl)n1C. The van der Waals surface area contributed by atoms with E-state index >= 15 is 0 Å². The van der Waals surface area contributed by atoms with Crippen molar-refractivity contribution in [1.82, 2.24) is 25.4 Å². The van der Waals surface area contributed by atoms with E-state index in [9.17, 15) is 9.59 Å². The van der Waals surface area contributed by atoms with Crippen molar-refractivity contribution >= 4 is 35.3 Å². The second kappa shape index (κ2) is 7.47. The van der Waals surface area contributed by atoms with E-state index < -0.39 is 17.2 Å². The van der Waals surface area contributed by atoms with Gasteiger partial charge in [0.15, 0.2) is 11.0 Å². The molecule has 1 aromatic carbocycles. The van der Waals surface area contributed by atoms with Gasteiger partial charge in [0.05, 0.1) is 10.3 Å². The number of imide groups is 1. The number of nitrogens with zero attached hydrogens (tertiary/aromatic N) is 3. The lowest BCUT2D eigenvalue weighted by Crippen LogP contribution is -2.41. The number of urea groups is 1. The lowest BCUT2D eigenvalue weighted by atomic mass is 10.2. The third-order valence-corrected chi connectivity index (χ3v) is 4.53. The zero-order valence-electron chi connectivity index (χ0n) is 12.8. The first kappa shape index (κ1) is 17.3. The second-order valence-corrected chi connectivity index (χ2v) is 6.39. The van der Waals surface area contributed by atoms with Crippen LogP contribution in [0.3, 0.4) is 0 Å². The standard InChI is InChI=1S/C14H16ClN5O2S/c1-8(12(21)17-13(22)16-2)23-14-19-18-11(20(14)3)9-6-4-5-7-10(9)15/h4-8H,1-3H3,(H2,16,17,21,22)/t8-/m0/s1. The molecule has 0 aliphatic rings. The van der Waals surface area contributed by atoms with Gasteiger partial charge in [0.2, 0.25) is 5.91 Å². The van der Waals surface area contributed by atoms with Crippen LogP contribution in [0.5, 0.6) is 0 Å². The van der Waals surface area contributed by atoms with E-state index in [0.29, 0.717) is 16.0 Å². The highest BCUT2D eigenvalue weighted by atomic mass is 35.5. The molecule has 1 aromatic heterocycles. The summed E-state index contributed by atoms with van der Waals surface area (Å²) < 4.78 is 1.76. The molecule has 2 N–H and O–H groups in total. The van der Waals surface area contributed by atoms with E-state index in [-0.39, 0.29) is 0 Å². The molecule has 0 aliphatic heterocycles. The van der Waals surface area contributed by atoms with Crippen LogP contribution in [0.4, 0.5) is 4.79 Å². The summed E-state index contributed by atoms with van der Waals surface area (Å²) in [5.41, 5.74) is 0.762. The Balaban J connectivity index is 2.15. The molecule has 0 saturated carbocycles. The van der Waals surface area contributed by atoms with Crippen LogP contribution in [0.15, 0.2) is 29.4 Å². The number of thioether (sulfide) groups is 1. The highest BCUT2D eigenvalue weighted by Gasteiger charge is 2.21. The summed E-state index contributed by atoms with van der Waals surface area (Å²) in [6.45, 7) is 1.69. The van der Waals surface area contributed by atoms with Gasteiger partial charge < -0.3 is 9.88 Å². The summed E-state index contributed by atoms with van der Waals surface area (Å²) in [7, 11) is 3.24. The fourth-order valence-corrected chi connectivity index (χ4v) is 2.82. The molecular weight excluding hydrogens is 338 g/mol. The molecule has 0 fully saturated rings. The Morgan fingerprint density at radius 3 is 2.65 bits per heavy atom. The van der Waals surface area contributed by atoms with E-state index in [1.54, 1.807) is 24.6 Å². The Morgan fingerprint density at radius 2 is 2.00 bits per heavy atom. The van der Waals surface area contributed by atoms with Gasteiger partial charge in [-0.3, -0.25) is 10.1 Å². The van der Waals surface area contributed by atoms with E-state index in [1.807, 2.05) is 18.2 Å². The molecule has 7 nitrogen and oxygen atoms in total. The maximum absolute atomic E-state index is 11.9. The molecule has 0 bridgehead atoms. The molecule has 1 heterocycles. The molecule has 0 saturated heterocycles. The smallest absolute Gasteiger partial charge is 0.321 e. The van der Waals surface area contributed by atoms with Crippen LogP contribution in [0.25, 0.3) is 11.4 Å². The van der Waals surface area contributed by atoms with Crippen molar-refractivity contribution in [2.24, 2.45) is 7.05 Å². The molecule has 2 rings (SSSR count). The van der Waals surface area contributed by atoms with Gasteiger partial charge in [0.25, 0.3) is 0 Å². The van der Waals surface area contributed by atoms with E-state index in [4.69, 9.17) is 11.6 Å². The van der Waals surface area contributed by atoms with Crippen molar-refractivity contribution in [3.63, 3.8) is 0 Å². The minimum absolute atomic E-state index is 0.406. The monoisotopic (exact) mass is 353 g/mol. The first-order valence-electron chi connectivity index (χ1n) is 6.77. The van der Waals surface area contributed by atoms with Gasteiger partial charge in [-0.1, -0.05) is 35.5 Å². The Bertz CT molecular complexity index is 734. The van der Waals surface area contributed by atoms with Crippen LogP contribution in [0.2, 0.25) is 5.02 Å². The molecule has 1 atom stereocenters. The number of carbonyl (C=O) groups is 2. The van der Waals surface area contributed by atoms with Crippen molar-refractivity contribution < 1.29 is 9.59 Å². The number of aromatic nitrogens is 3. The first-order chi connectivity index (χ1) is 10.9. The molecule has 2 aromatic rings. The topological polar surface area (TPSA) is 88.9 Å². The van der Waals surface area contributed by atoms with Crippen LogP contribution in [-0.4, -0.2) is 39.0 Å². The molecule has 0 unspecified atom stereocenters. The minimum atomic E-state index is -0.544. The third-order valence-electron chi connectivity index (χ3n) is 3.06. The molecule has 122 valence electrons. The average molecular weight is 354 g/mol. The van der Waals surface area contributed by atoms with Crippen LogP contribution in [-0.2, 0) is 11.8 Å². The second-order valence-electron chi connectivity index (χ2n) is 4.67. The number of carbonyl (C=O) groups excluding carboxylic acids is 2. The maximum atomic E-state index is 11.9. The quantitative estimate of drug-likeness (QED) is 0.821. The summed E-state index contributed by atoms with van der Waals surface area (Å²) in [5.74, 6) is 0.202. The lowest BCUT2D eigenvalue weighted by Gasteiger charge is -2.10. The molecule has 0 spiro atoms. The lowest BCUT2D eigenvalue weighted by molar-refractivity contribution is -0.119. The van der Waals surface area contributed by atoms with Gasteiger partial charge in [-0.15, -0.1) is 10.2 Å².